The molecule has 0 aromatic heterocycles. The first-order chi connectivity index (χ1) is 12.9. The topological polar surface area (TPSA) is 59.0 Å². The number of carbonyl (C=O) groups excluding carboxylic acids is 2. The minimum atomic E-state index is -0.368. The molecule has 0 fully saturated rings. The molecular weight excluding hydrogens is 387 g/mol. The summed E-state index contributed by atoms with van der Waals surface area (Å²) >= 11 is 12.1. The van der Waals surface area contributed by atoms with E-state index in [0.29, 0.717) is 27.9 Å². The summed E-state index contributed by atoms with van der Waals surface area (Å²) in [7, 11) is 0. The molecule has 0 N–H and O–H groups in total. The smallest absolute Gasteiger partial charge is 0.338 e. The van der Waals surface area contributed by atoms with E-state index in [9.17, 15) is 9.59 Å². The summed E-state index contributed by atoms with van der Waals surface area (Å²) in [5, 5.41) is 6.91. The van der Waals surface area contributed by atoms with E-state index in [1.165, 1.54) is 5.01 Å². The van der Waals surface area contributed by atoms with Crippen LogP contribution in [0, 0.1) is 0 Å². The van der Waals surface area contributed by atoms with Crippen LogP contribution in [-0.2, 0) is 9.53 Å². The first kappa shape index (κ1) is 19.4. The maximum atomic E-state index is 12.5. The number of halogens is 2. The Morgan fingerprint density at radius 2 is 1.81 bits per heavy atom. The van der Waals surface area contributed by atoms with Crippen molar-refractivity contribution in [2.75, 3.05) is 6.61 Å². The summed E-state index contributed by atoms with van der Waals surface area (Å²) in [6, 6.07) is 11.8. The van der Waals surface area contributed by atoms with Gasteiger partial charge in [-0.05, 0) is 49.7 Å². The minimum Gasteiger partial charge on any atom is -0.462 e. The van der Waals surface area contributed by atoms with Gasteiger partial charge in [-0.15, -0.1) is 0 Å². The zero-order valence-corrected chi connectivity index (χ0v) is 16.4. The van der Waals surface area contributed by atoms with E-state index >= 15 is 0 Å². The van der Waals surface area contributed by atoms with Gasteiger partial charge in [0.1, 0.15) is 0 Å². The third kappa shape index (κ3) is 4.31. The molecule has 5 nitrogen and oxygen atoms in total. The Morgan fingerprint density at radius 1 is 1.19 bits per heavy atom. The molecule has 0 unspecified atom stereocenters. The van der Waals surface area contributed by atoms with Crippen molar-refractivity contribution in [1.82, 2.24) is 5.01 Å². The molecule has 0 saturated carbocycles. The summed E-state index contributed by atoms with van der Waals surface area (Å²) in [6.45, 7) is 3.97. The number of hydrogen-bond acceptors (Lipinski definition) is 4. The summed E-state index contributed by atoms with van der Waals surface area (Å²) in [5.41, 5.74) is 2.69. The summed E-state index contributed by atoms with van der Waals surface area (Å²) in [6.07, 6.45) is 0.182. The van der Waals surface area contributed by atoms with Gasteiger partial charge in [-0.25, -0.2) is 9.80 Å². The van der Waals surface area contributed by atoms with Crippen LogP contribution in [0.4, 0.5) is 0 Å². The largest absolute Gasteiger partial charge is 0.462 e. The van der Waals surface area contributed by atoms with Gasteiger partial charge in [0.2, 0.25) is 5.91 Å². The predicted octanol–water partition coefficient (Wildman–Crippen LogP) is 4.87. The van der Waals surface area contributed by atoms with Crippen LogP contribution in [-0.4, -0.2) is 29.2 Å². The Morgan fingerprint density at radius 3 is 2.41 bits per heavy atom. The number of ether oxygens (including phenoxy) is 1. The third-order valence-corrected chi connectivity index (χ3v) is 4.71. The second kappa shape index (κ2) is 8.11. The van der Waals surface area contributed by atoms with E-state index in [4.69, 9.17) is 27.9 Å². The van der Waals surface area contributed by atoms with E-state index < -0.39 is 0 Å². The number of hydrogen-bond donors (Lipinski definition) is 0. The standard InChI is InChI=1S/C20H18Cl2N2O3/c1-3-27-20(26)14-6-4-13(5-7-14)12(2)24-19(25)11-18(23-24)15-8-16(21)10-17(22)9-15/h4-10,12H,3,11H2,1-2H3/t12-/m1/s1. The average molecular weight is 405 g/mol. The lowest BCUT2D eigenvalue weighted by molar-refractivity contribution is -0.130. The quantitative estimate of drug-likeness (QED) is 0.667. The number of nitrogens with zero attached hydrogens (tertiary/aromatic N) is 2. The lowest BCUT2D eigenvalue weighted by atomic mass is 10.1. The summed E-state index contributed by atoms with van der Waals surface area (Å²) in [4.78, 5) is 24.2. The Balaban J connectivity index is 1.82. The number of esters is 1. The van der Waals surface area contributed by atoms with Gasteiger partial charge in [-0.2, -0.15) is 5.10 Å². The fourth-order valence-corrected chi connectivity index (χ4v) is 3.41. The van der Waals surface area contributed by atoms with E-state index in [1.807, 2.05) is 6.92 Å². The molecule has 1 atom stereocenters. The molecule has 7 heteroatoms. The van der Waals surface area contributed by atoms with Gasteiger partial charge in [0.15, 0.2) is 0 Å². The Labute approximate surface area is 167 Å². The second-order valence-electron chi connectivity index (χ2n) is 6.14. The van der Waals surface area contributed by atoms with Crippen molar-refractivity contribution < 1.29 is 14.3 Å². The third-order valence-electron chi connectivity index (χ3n) is 4.27. The van der Waals surface area contributed by atoms with Crippen molar-refractivity contribution in [1.29, 1.82) is 0 Å². The van der Waals surface area contributed by atoms with Gasteiger partial charge in [0, 0.05) is 15.6 Å². The van der Waals surface area contributed by atoms with E-state index in [1.54, 1.807) is 49.4 Å². The maximum Gasteiger partial charge on any atom is 0.338 e. The van der Waals surface area contributed by atoms with Crippen LogP contribution in [0.1, 0.15) is 47.8 Å². The Kier molecular flexibility index (Phi) is 5.82. The highest BCUT2D eigenvalue weighted by atomic mass is 35.5. The predicted molar refractivity (Wildman–Crippen MR) is 105 cm³/mol. The van der Waals surface area contributed by atoms with Crippen molar-refractivity contribution in [3.05, 3.63) is 69.2 Å². The normalized spacial score (nSPS) is 14.9. The highest BCUT2D eigenvalue weighted by Gasteiger charge is 2.29. The highest BCUT2D eigenvalue weighted by molar-refractivity contribution is 6.35. The molecule has 140 valence electrons. The first-order valence-electron chi connectivity index (χ1n) is 8.52. The van der Waals surface area contributed by atoms with Crippen molar-refractivity contribution in [2.24, 2.45) is 5.10 Å². The highest BCUT2D eigenvalue weighted by Crippen LogP contribution is 2.28. The monoisotopic (exact) mass is 404 g/mol. The van der Waals surface area contributed by atoms with Crippen LogP contribution in [0.15, 0.2) is 47.6 Å². The number of amides is 1. The van der Waals surface area contributed by atoms with Crippen molar-refractivity contribution >= 4 is 40.8 Å². The lowest BCUT2D eigenvalue weighted by Gasteiger charge is -2.21. The molecule has 1 amide bonds. The van der Waals surface area contributed by atoms with Crippen LogP contribution in [0.5, 0.6) is 0 Å². The van der Waals surface area contributed by atoms with Crippen molar-refractivity contribution in [3.63, 3.8) is 0 Å². The Hall–Kier alpha value is -2.37. The van der Waals surface area contributed by atoms with E-state index in [-0.39, 0.29) is 24.3 Å². The molecule has 0 radical (unpaired) electrons. The summed E-state index contributed by atoms with van der Waals surface area (Å²) in [5.74, 6) is -0.477. The van der Waals surface area contributed by atoms with Gasteiger partial charge >= 0.3 is 5.97 Å². The number of benzene rings is 2. The zero-order chi connectivity index (χ0) is 19.6. The summed E-state index contributed by atoms with van der Waals surface area (Å²) < 4.78 is 4.98. The molecule has 0 saturated heterocycles. The zero-order valence-electron chi connectivity index (χ0n) is 14.9. The molecule has 0 aliphatic carbocycles. The molecule has 0 spiro atoms. The average Bonchev–Trinajstić information content (AvgIpc) is 3.02. The van der Waals surface area contributed by atoms with Crippen molar-refractivity contribution in [2.45, 2.75) is 26.3 Å². The van der Waals surface area contributed by atoms with Crippen LogP contribution in [0.3, 0.4) is 0 Å². The molecule has 0 bridgehead atoms. The minimum absolute atomic E-state index is 0.108. The molecule has 1 aliphatic rings. The van der Waals surface area contributed by atoms with Crippen LogP contribution in [0.2, 0.25) is 10.0 Å². The molecule has 1 aliphatic heterocycles. The first-order valence-corrected chi connectivity index (χ1v) is 9.27. The molecule has 1 heterocycles. The molecule has 27 heavy (non-hydrogen) atoms. The van der Waals surface area contributed by atoms with Crippen molar-refractivity contribution in [3.8, 4) is 0 Å². The van der Waals surface area contributed by atoms with Crippen LogP contribution in [0.25, 0.3) is 0 Å². The van der Waals surface area contributed by atoms with Gasteiger partial charge in [-0.3, -0.25) is 4.79 Å². The lowest BCUT2D eigenvalue weighted by Crippen LogP contribution is -2.24. The number of hydrazone groups is 1. The van der Waals surface area contributed by atoms with Gasteiger partial charge in [-0.1, -0.05) is 35.3 Å². The SMILES string of the molecule is CCOC(=O)c1ccc([C@@H](C)N2N=C(c3cc(Cl)cc(Cl)c3)CC2=O)cc1. The number of carbonyl (C=O) groups is 2. The maximum absolute atomic E-state index is 12.5. The molecule has 2 aromatic carbocycles. The van der Waals surface area contributed by atoms with Gasteiger partial charge in [0.05, 0.1) is 30.3 Å². The van der Waals surface area contributed by atoms with Gasteiger partial charge < -0.3 is 4.74 Å². The van der Waals surface area contributed by atoms with Crippen LogP contribution < -0.4 is 0 Å². The van der Waals surface area contributed by atoms with Crippen LogP contribution >= 0.6 is 23.2 Å². The van der Waals surface area contributed by atoms with Gasteiger partial charge in [0.25, 0.3) is 0 Å². The Bertz CT molecular complexity index is 890. The fraction of sp³-hybridized carbons (Fsp3) is 0.250. The molecule has 3 rings (SSSR count). The fourth-order valence-electron chi connectivity index (χ4n) is 2.88. The second-order valence-corrected chi connectivity index (χ2v) is 7.01. The van der Waals surface area contributed by atoms with E-state index in [0.717, 1.165) is 11.1 Å². The molecule has 2 aromatic rings. The molecular formula is C20H18Cl2N2O3. The number of rotatable bonds is 5. The van der Waals surface area contributed by atoms with E-state index in [2.05, 4.69) is 5.10 Å².